The normalized spacial score (nSPS) is 18.8. The van der Waals surface area contributed by atoms with Crippen LogP contribution in [0.1, 0.15) is 50.8 Å². The van der Waals surface area contributed by atoms with Crippen molar-refractivity contribution in [3.05, 3.63) is 174 Å². The molecule has 2 atom stereocenters. The van der Waals surface area contributed by atoms with E-state index in [1.165, 1.54) is 49.7 Å². The van der Waals surface area contributed by atoms with E-state index in [4.69, 9.17) is 4.42 Å². The van der Waals surface area contributed by atoms with E-state index in [9.17, 15) is 0 Å². The fourth-order valence-electron chi connectivity index (χ4n) is 8.23. The van der Waals surface area contributed by atoms with Crippen LogP contribution in [0.2, 0.25) is 0 Å². The molecule has 0 N–H and O–H groups in total. The van der Waals surface area contributed by atoms with Gasteiger partial charge >= 0.3 is 0 Å². The van der Waals surface area contributed by atoms with Gasteiger partial charge in [0, 0.05) is 33.2 Å². The summed E-state index contributed by atoms with van der Waals surface area (Å²) in [7, 11) is 0. The van der Waals surface area contributed by atoms with Crippen molar-refractivity contribution in [1.29, 1.82) is 0 Å². The highest BCUT2D eigenvalue weighted by molar-refractivity contribution is 6.19. The van der Waals surface area contributed by atoms with E-state index < -0.39 is 0 Å². The molecule has 3 heteroatoms. The van der Waals surface area contributed by atoms with Gasteiger partial charge in [0.25, 0.3) is 0 Å². The molecule has 2 aromatic heterocycles. The number of para-hydroxylation sites is 4. The molecule has 2 aliphatic rings. The Bertz CT molecular complexity index is 2430. The number of rotatable bonds is 3. The summed E-state index contributed by atoms with van der Waals surface area (Å²) in [6, 6.07) is 56.4. The van der Waals surface area contributed by atoms with Crippen LogP contribution in [0.15, 0.2) is 162 Å². The number of furan rings is 1. The van der Waals surface area contributed by atoms with Crippen molar-refractivity contribution in [2.75, 3.05) is 4.90 Å². The number of aromatic nitrogens is 1. The van der Waals surface area contributed by atoms with Crippen molar-refractivity contribution >= 4 is 44.3 Å². The second kappa shape index (κ2) is 13.0. The number of hydrogen-bond donors (Lipinski definition) is 0. The van der Waals surface area contributed by atoms with Gasteiger partial charge in [-0.2, -0.15) is 0 Å². The monoisotopic (exact) mass is 666 g/mol. The minimum atomic E-state index is 0.0242. The molecule has 2 unspecified atom stereocenters. The maximum absolute atomic E-state index is 6.47. The van der Waals surface area contributed by atoms with Crippen LogP contribution in [0.25, 0.3) is 38.7 Å². The summed E-state index contributed by atoms with van der Waals surface area (Å²) in [5.74, 6) is 0.833. The van der Waals surface area contributed by atoms with Gasteiger partial charge in [0.05, 0.1) is 16.4 Å². The lowest BCUT2D eigenvalue weighted by Crippen LogP contribution is -2.42. The number of benzene rings is 6. The van der Waals surface area contributed by atoms with Crippen LogP contribution >= 0.6 is 0 Å². The smallest absolute Gasteiger partial charge is 0.213 e. The predicted molar refractivity (Wildman–Crippen MR) is 216 cm³/mol. The van der Waals surface area contributed by atoms with Crippen LogP contribution < -0.4 is 4.90 Å². The van der Waals surface area contributed by atoms with Gasteiger partial charge in [-0.15, -0.1) is 0 Å². The first kappa shape index (κ1) is 32.7. The SMILES string of the molecule is CC(C)C.CC12CC1(c1ccc(-n3c4ccccc4c4c5ccccc5oc43)cc1)Cc1ccccc1N2c1ccccc1.Cc1ccccc1. The Labute approximate surface area is 301 Å². The van der Waals surface area contributed by atoms with E-state index in [0.29, 0.717) is 0 Å². The Hall–Kier alpha value is -5.54. The van der Waals surface area contributed by atoms with Crippen molar-refractivity contribution < 1.29 is 4.42 Å². The average molecular weight is 667 g/mol. The second-order valence-corrected chi connectivity index (χ2v) is 15.1. The molecule has 0 spiro atoms. The van der Waals surface area contributed by atoms with E-state index >= 15 is 0 Å². The van der Waals surface area contributed by atoms with Crippen LogP contribution in [-0.4, -0.2) is 10.1 Å². The number of hydrogen-bond acceptors (Lipinski definition) is 2. The minimum Gasteiger partial charge on any atom is -0.439 e. The van der Waals surface area contributed by atoms with Gasteiger partial charge in [-0.05, 0) is 86.2 Å². The van der Waals surface area contributed by atoms with Crippen LogP contribution in [0.3, 0.4) is 0 Å². The highest BCUT2D eigenvalue weighted by Gasteiger charge is 2.70. The summed E-state index contributed by atoms with van der Waals surface area (Å²) in [5, 5.41) is 3.58. The lowest BCUT2D eigenvalue weighted by Gasteiger charge is -2.42. The zero-order valence-electron chi connectivity index (χ0n) is 30.3. The van der Waals surface area contributed by atoms with Crippen molar-refractivity contribution in [3.8, 4) is 5.69 Å². The third-order valence-electron chi connectivity index (χ3n) is 10.6. The van der Waals surface area contributed by atoms with E-state index in [1.54, 1.807) is 0 Å². The molecule has 6 aromatic carbocycles. The summed E-state index contributed by atoms with van der Waals surface area (Å²) in [5.41, 5.74) is 11.0. The molecule has 1 aliphatic carbocycles. The Morgan fingerprint density at radius 3 is 1.88 bits per heavy atom. The van der Waals surface area contributed by atoms with Crippen LogP contribution in [0, 0.1) is 12.8 Å². The van der Waals surface area contributed by atoms with Gasteiger partial charge in [-0.1, -0.05) is 142 Å². The first-order valence-electron chi connectivity index (χ1n) is 18.3. The zero-order valence-corrected chi connectivity index (χ0v) is 30.3. The van der Waals surface area contributed by atoms with E-state index in [-0.39, 0.29) is 11.0 Å². The maximum atomic E-state index is 6.47. The molecule has 1 fully saturated rings. The van der Waals surface area contributed by atoms with E-state index in [2.05, 4.69) is 178 Å². The van der Waals surface area contributed by atoms with Crippen molar-refractivity contribution in [3.63, 3.8) is 0 Å². The molecule has 0 radical (unpaired) electrons. The number of nitrogens with zero attached hydrogens (tertiary/aromatic N) is 2. The van der Waals surface area contributed by atoms with Gasteiger partial charge in [0.2, 0.25) is 5.71 Å². The molecule has 1 aliphatic heterocycles. The fraction of sp³-hybridized carbons (Fsp3) is 0.208. The fourth-order valence-corrected chi connectivity index (χ4v) is 8.23. The Balaban J connectivity index is 0.000000296. The molecule has 0 bridgehead atoms. The largest absolute Gasteiger partial charge is 0.439 e. The number of fused-ring (bicyclic) bond motifs is 7. The van der Waals surface area contributed by atoms with Gasteiger partial charge in [0.1, 0.15) is 5.58 Å². The molecule has 10 rings (SSSR count). The molecular formula is C48H46N2O. The van der Waals surface area contributed by atoms with Crippen LogP contribution in [0.5, 0.6) is 0 Å². The van der Waals surface area contributed by atoms with Crippen molar-refractivity contribution in [2.24, 2.45) is 5.92 Å². The second-order valence-electron chi connectivity index (χ2n) is 15.1. The third-order valence-corrected chi connectivity index (χ3v) is 10.6. The highest BCUT2D eigenvalue weighted by atomic mass is 16.3. The summed E-state index contributed by atoms with van der Waals surface area (Å²) in [4.78, 5) is 2.59. The maximum Gasteiger partial charge on any atom is 0.213 e. The third kappa shape index (κ3) is 5.62. The quantitative estimate of drug-likeness (QED) is 0.187. The molecule has 0 amide bonds. The molecule has 254 valence electrons. The minimum absolute atomic E-state index is 0.0242. The Kier molecular flexibility index (Phi) is 8.30. The lowest BCUT2D eigenvalue weighted by atomic mass is 9.80. The number of aryl methyl sites for hydroxylation is 1. The zero-order chi connectivity index (χ0) is 35.2. The molecular weight excluding hydrogens is 621 g/mol. The van der Waals surface area contributed by atoms with Gasteiger partial charge < -0.3 is 9.32 Å². The predicted octanol–water partition coefficient (Wildman–Crippen LogP) is 13.0. The van der Waals surface area contributed by atoms with Crippen LogP contribution in [-0.2, 0) is 11.8 Å². The van der Waals surface area contributed by atoms with Gasteiger partial charge in [0.15, 0.2) is 0 Å². The lowest BCUT2D eigenvalue weighted by molar-refractivity contribution is 0.528. The van der Waals surface area contributed by atoms with Gasteiger partial charge in [-0.3, -0.25) is 4.57 Å². The molecule has 0 saturated heterocycles. The molecule has 51 heavy (non-hydrogen) atoms. The average Bonchev–Trinajstić information content (AvgIpc) is 3.42. The van der Waals surface area contributed by atoms with Crippen molar-refractivity contribution in [2.45, 2.75) is 58.4 Å². The standard InChI is InChI=1S/C37H28N2O.C7H8.C4H10/c1-36-24-37(36,23-25-11-5-8-16-31(25)39(36)28-12-3-2-4-13-28)26-19-21-27(22-20-26)38-32-17-9-6-14-29(32)34-30-15-7-10-18-33(30)40-35(34)38;1-7-5-3-2-4-6-7;1-4(2)3/h2-22H,23-24H2,1H3;2-6H,1H3;4H,1-3H3. The summed E-state index contributed by atoms with van der Waals surface area (Å²) in [6.45, 7) is 11.0. The molecule has 8 aromatic rings. The van der Waals surface area contributed by atoms with Gasteiger partial charge in [-0.25, -0.2) is 0 Å². The first-order chi connectivity index (χ1) is 24.8. The van der Waals surface area contributed by atoms with Crippen molar-refractivity contribution in [1.82, 2.24) is 4.57 Å². The summed E-state index contributed by atoms with van der Waals surface area (Å²) in [6.07, 6.45) is 2.19. The summed E-state index contributed by atoms with van der Waals surface area (Å²) < 4.78 is 8.75. The molecule has 3 nitrogen and oxygen atoms in total. The highest BCUT2D eigenvalue weighted by Crippen LogP contribution is 2.68. The Morgan fingerprint density at radius 1 is 0.608 bits per heavy atom. The van der Waals surface area contributed by atoms with E-state index in [1.807, 2.05) is 24.3 Å². The first-order valence-corrected chi connectivity index (χ1v) is 18.3. The molecule has 1 saturated carbocycles. The molecule has 3 heterocycles. The topological polar surface area (TPSA) is 21.3 Å². The Morgan fingerprint density at radius 2 is 1.20 bits per heavy atom. The number of anilines is 2. The van der Waals surface area contributed by atoms with E-state index in [0.717, 1.165) is 35.7 Å². The summed E-state index contributed by atoms with van der Waals surface area (Å²) >= 11 is 0. The van der Waals surface area contributed by atoms with Crippen LogP contribution in [0.4, 0.5) is 11.4 Å².